The molecular weight excluding hydrogens is 292 g/mol. The van der Waals surface area contributed by atoms with Crippen LogP contribution < -0.4 is 16.7 Å². The molecule has 0 bridgehead atoms. The summed E-state index contributed by atoms with van der Waals surface area (Å²) in [5.74, 6) is 0.150. The van der Waals surface area contributed by atoms with E-state index in [1.165, 1.54) is 6.07 Å². The second kappa shape index (κ2) is 7.24. The molecule has 0 fully saturated rings. The van der Waals surface area contributed by atoms with Crippen molar-refractivity contribution in [1.29, 1.82) is 0 Å². The molecule has 0 saturated carbocycles. The Hall–Kier alpha value is -1.85. The largest absolute Gasteiger partial charge is 0.423 e. The molecule has 1 aromatic carbocycles. The summed E-state index contributed by atoms with van der Waals surface area (Å²) in [5, 5.41) is 3.52. The maximum atomic E-state index is 11.9. The van der Waals surface area contributed by atoms with Crippen LogP contribution in [0.4, 0.5) is 5.69 Å². The van der Waals surface area contributed by atoms with Gasteiger partial charge < -0.3 is 15.5 Å². The minimum atomic E-state index is -0.528. The van der Waals surface area contributed by atoms with E-state index in [9.17, 15) is 9.59 Å². The lowest BCUT2D eigenvalue weighted by molar-refractivity contribution is -0.117. The van der Waals surface area contributed by atoms with Gasteiger partial charge in [0.15, 0.2) is 0 Å². The van der Waals surface area contributed by atoms with Gasteiger partial charge >= 0.3 is 5.63 Å². The molecule has 1 aromatic heterocycles. The van der Waals surface area contributed by atoms with Crippen molar-refractivity contribution in [2.24, 2.45) is 11.7 Å². The molecule has 1 amide bonds. The zero-order valence-corrected chi connectivity index (χ0v) is 12.8. The Labute approximate surface area is 128 Å². The molecule has 0 radical (unpaired) electrons. The molecule has 1 heterocycles. The lowest BCUT2D eigenvalue weighted by Crippen LogP contribution is -2.36. The van der Waals surface area contributed by atoms with Gasteiger partial charge in [-0.1, -0.05) is 13.8 Å². The number of hydrogen-bond donors (Lipinski definition) is 2. The highest BCUT2D eigenvalue weighted by molar-refractivity contribution is 5.96. The van der Waals surface area contributed by atoms with E-state index in [2.05, 4.69) is 5.32 Å². The van der Waals surface area contributed by atoms with E-state index in [4.69, 9.17) is 10.2 Å². The van der Waals surface area contributed by atoms with Gasteiger partial charge in [-0.15, -0.1) is 12.4 Å². The fraction of sp³-hybridized carbons (Fsp3) is 0.333. The first-order valence-corrected chi connectivity index (χ1v) is 6.56. The number of carbonyl (C=O) groups excluding carboxylic acids is 1. The van der Waals surface area contributed by atoms with Crippen LogP contribution in [-0.2, 0) is 4.79 Å². The number of halogens is 1. The predicted octanol–water partition coefficient (Wildman–Crippen LogP) is 2.53. The SMILES string of the molecule is CC(C)C[C@H](N)C(=O)Nc1ccc2oc(=O)ccc2c1.Cl. The monoisotopic (exact) mass is 310 g/mol. The van der Waals surface area contributed by atoms with Gasteiger partial charge in [0.05, 0.1) is 6.04 Å². The molecule has 0 aliphatic heterocycles. The van der Waals surface area contributed by atoms with Gasteiger partial charge in [0.1, 0.15) is 5.58 Å². The van der Waals surface area contributed by atoms with E-state index in [1.807, 2.05) is 13.8 Å². The molecule has 0 saturated heterocycles. The summed E-state index contributed by atoms with van der Waals surface area (Å²) >= 11 is 0. The number of anilines is 1. The van der Waals surface area contributed by atoms with Gasteiger partial charge in [0.25, 0.3) is 0 Å². The maximum absolute atomic E-state index is 11.9. The molecule has 5 nitrogen and oxygen atoms in total. The Morgan fingerprint density at radius 1 is 1.29 bits per heavy atom. The average Bonchev–Trinajstić information content (AvgIpc) is 2.38. The Kier molecular flexibility index (Phi) is 5.93. The molecule has 1 atom stereocenters. The van der Waals surface area contributed by atoms with Gasteiger partial charge in [-0.2, -0.15) is 0 Å². The lowest BCUT2D eigenvalue weighted by atomic mass is 10.0. The fourth-order valence-corrected chi connectivity index (χ4v) is 2.00. The van der Waals surface area contributed by atoms with Crippen molar-refractivity contribution in [3.8, 4) is 0 Å². The van der Waals surface area contributed by atoms with Crippen molar-refractivity contribution >= 4 is 35.0 Å². The summed E-state index contributed by atoms with van der Waals surface area (Å²) in [6.07, 6.45) is 0.633. The van der Waals surface area contributed by atoms with E-state index >= 15 is 0 Å². The van der Waals surface area contributed by atoms with Gasteiger partial charge in [-0.3, -0.25) is 4.79 Å². The van der Waals surface area contributed by atoms with Crippen LogP contribution in [0.25, 0.3) is 11.0 Å². The number of carbonyl (C=O) groups is 1. The Bertz CT molecular complexity index is 682. The van der Waals surface area contributed by atoms with Crippen LogP contribution in [0.2, 0.25) is 0 Å². The lowest BCUT2D eigenvalue weighted by Gasteiger charge is -2.14. The van der Waals surface area contributed by atoms with Crippen LogP contribution in [0.15, 0.2) is 39.5 Å². The molecule has 0 aliphatic rings. The molecule has 21 heavy (non-hydrogen) atoms. The third kappa shape index (κ3) is 4.58. The van der Waals surface area contributed by atoms with Crippen molar-refractivity contribution in [3.63, 3.8) is 0 Å². The van der Waals surface area contributed by atoms with Crippen molar-refractivity contribution in [1.82, 2.24) is 0 Å². The van der Waals surface area contributed by atoms with Crippen LogP contribution >= 0.6 is 12.4 Å². The molecule has 0 unspecified atom stereocenters. The van der Waals surface area contributed by atoms with Crippen molar-refractivity contribution in [3.05, 3.63) is 40.8 Å². The second-order valence-corrected chi connectivity index (χ2v) is 5.23. The van der Waals surface area contributed by atoms with Crippen LogP contribution in [-0.4, -0.2) is 11.9 Å². The Morgan fingerprint density at radius 3 is 2.67 bits per heavy atom. The van der Waals surface area contributed by atoms with E-state index in [0.717, 1.165) is 5.39 Å². The fourth-order valence-electron chi connectivity index (χ4n) is 2.00. The second-order valence-electron chi connectivity index (χ2n) is 5.23. The highest BCUT2D eigenvalue weighted by Crippen LogP contribution is 2.18. The normalized spacial score (nSPS) is 12.0. The van der Waals surface area contributed by atoms with Crippen molar-refractivity contribution in [2.75, 3.05) is 5.32 Å². The first-order chi connectivity index (χ1) is 9.45. The summed E-state index contributed by atoms with van der Waals surface area (Å²) < 4.78 is 5.03. The van der Waals surface area contributed by atoms with Crippen molar-refractivity contribution < 1.29 is 9.21 Å². The number of nitrogens with two attached hydrogens (primary N) is 1. The summed E-state index contributed by atoms with van der Waals surface area (Å²) in [6.45, 7) is 4.04. The van der Waals surface area contributed by atoms with Crippen LogP contribution in [0.3, 0.4) is 0 Å². The van der Waals surface area contributed by atoms with E-state index < -0.39 is 11.7 Å². The number of hydrogen-bond acceptors (Lipinski definition) is 4. The number of rotatable bonds is 4. The molecular formula is C15H19ClN2O3. The molecule has 0 aliphatic carbocycles. The predicted molar refractivity (Wildman–Crippen MR) is 85.8 cm³/mol. The summed E-state index contributed by atoms with van der Waals surface area (Å²) in [4.78, 5) is 23.0. The van der Waals surface area contributed by atoms with Crippen LogP contribution in [0, 0.1) is 5.92 Å². The highest BCUT2D eigenvalue weighted by Gasteiger charge is 2.15. The molecule has 3 N–H and O–H groups in total. The highest BCUT2D eigenvalue weighted by atomic mass is 35.5. The first kappa shape index (κ1) is 17.2. The standard InChI is InChI=1S/C15H18N2O3.ClH/c1-9(2)7-12(16)15(19)17-11-4-5-13-10(8-11)3-6-14(18)20-13;/h3-6,8-9,12H,7,16H2,1-2H3,(H,17,19);1H/t12-;/m0./s1. The van der Waals surface area contributed by atoms with E-state index in [0.29, 0.717) is 23.6 Å². The Balaban J connectivity index is 0.00000220. The number of nitrogens with one attached hydrogen (secondary N) is 1. The van der Waals surface area contributed by atoms with Crippen molar-refractivity contribution in [2.45, 2.75) is 26.3 Å². The van der Waals surface area contributed by atoms with Gasteiger partial charge in [0, 0.05) is 17.1 Å². The minimum absolute atomic E-state index is 0. The smallest absolute Gasteiger partial charge is 0.336 e. The first-order valence-electron chi connectivity index (χ1n) is 6.56. The van der Waals surface area contributed by atoms with E-state index in [1.54, 1.807) is 24.3 Å². The third-order valence-electron chi connectivity index (χ3n) is 2.95. The number of amides is 1. The quantitative estimate of drug-likeness (QED) is 0.850. The van der Waals surface area contributed by atoms with Gasteiger partial charge in [-0.05, 0) is 36.6 Å². The minimum Gasteiger partial charge on any atom is -0.423 e. The molecule has 0 spiro atoms. The maximum Gasteiger partial charge on any atom is 0.336 e. The summed E-state index contributed by atoms with van der Waals surface area (Å²) in [7, 11) is 0. The van der Waals surface area contributed by atoms with Crippen LogP contribution in [0.5, 0.6) is 0 Å². The summed E-state index contributed by atoms with van der Waals surface area (Å²) in [6, 6.07) is 7.56. The topological polar surface area (TPSA) is 85.3 Å². The third-order valence-corrected chi connectivity index (χ3v) is 2.95. The summed E-state index contributed by atoms with van der Waals surface area (Å²) in [5.41, 5.74) is 6.55. The van der Waals surface area contributed by atoms with Gasteiger partial charge in [0.2, 0.25) is 5.91 Å². The molecule has 2 aromatic rings. The zero-order chi connectivity index (χ0) is 14.7. The number of benzene rings is 1. The zero-order valence-electron chi connectivity index (χ0n) is 12.0. The average molecular weight is 311 g/mol. The molecule has 2 rings (SSSR count). The van der Waals surface area contributed by atoms with E-state index in [-0.39, 0.29) is 18.3 Å². The van der Waals surface area contributed by atoms with Crippen LogP contribution in [0.1, 0.15) is 20.3 Å². The number of fused-ring (bicyclic) bond motifs is 1. The van der Waals surface area contributed by atoms with Gasteiger partial charge in [-0.25, -0.2) is 4.79 Å². The molecule has 6 heteroatoms. The Morgan fingerprint density at radius 2 is 2.00 bits per heavy atom. The molecule has 114 valence electrons.